The molecule has 3 aromatic rings. The van der Waals surface area contributed by atoms with Gasteiger partial charge in [-0.1, -0.05) is 30.3 Å². The summed E-state index contributed by atoms with van der Waals surface area (Å²) in [6.45, 7) is 0. The van der Waals surface area contributed by atoms with E-state index in [2.05, 4.69) is 5.10 Å². The van der Waals surface area contributed by atoms with Gasteiger partial charge in [-0.15, -0.1) is 0 Å². The maximum absolute atomic E-state index is 13.0. The third kappa shape index (κ3) is 3.47. The first kappa shape index (κ1) is 18.0. The van der Waals surface area contributed by atoms with Gasteiger partial charge >= 0.3 is 17.6 Å². The molecule has 0 aliphatic rings. The Morgan fingerprint density at radius 1 is 0.926 bits per heavy atom. The molecule has 3 rings (SSSR count). The lowest BCUT2D eigenvalue weighted by atomic mass is 10.1. The summed E-state index contributed by atoms with van der Waals surface area (Å²) in [5, 5.41) is 26.7. The van der Waals surface area contributed by atoms with E-state index in [0.29, 0.717) is 11.3 Å². The quantitative estimate of drug-likeness (QED) is 0.495. The molecular formula is C16H9F3N4O4. The van der Waals surface area contributed by atoms with E-state index in [1.54, 1.807) is 30.3 Å². The Hall–Kier alpha value is -3.76. The number of nitrogens with zero attached hydrogens (tertiary/aromatic N) is 4. The number of benzene rings is 2. The van der Waals surface area contributed by atoms with Crippen LogP contribution in [0.15, 0.2) is 54.7 Å². The monoisotopic (exact) mass is 378 g/mol. The van der Waals surface area contributed by atoms with Crippen LogP contribution in [0.3, 0.4) is 0 Å². The first-order chi connectivity index (χ1) is 12.7. The first-order valence-electron chi connectivity index (χ1n) is 7.34. The highest BCUT2D eigenvalue weighted by Crippen LogP contribution is 2.40. The number of hydrogen-bond acceptors (Lipinski definition) is 5. The van der Waals surface area contributed by atoms with Gasteiger partial charge in [-0.3, -0.25) is 20.2 Å². The van der Waals surface area contributed by atoms with E-state index in [1.807, 2.05) is 0 Å². The predicted octanol–water partition coefficient (Wildman–Crippen LogP) is 4.37. The third-order valence-corrected chi connectivity index (χ3v) is 3.68. The second-order valence-corrected chi connectivity index (χ2v) is 5.39. The van der Waals surface area contributed by atoms with Crippen molar-refractivity contribution >= 4 is 11.4 Å². The molecular weight excluding hydrogens is 369 g/mol. The van der Waals surface area contributed by atoms with Crippen LogP contribution in [0.4, 0.5) is 24.5 Å². The van der Waals surface area contributed by atoms with Crippen LogP contribution in [0.5, 0.6) is 0 Å². The molecule has 27 heavy (non-hydrogen) atoms. The normalized spacial score (nSPS) is 11.4. The Bertz CT molecular complexity index is 997. The van der Waals surface area contributed by atoms with Gasteiger partial charge in [0.15, 0.2) is 0 Å². The van der Waals surface area contributed by atoms with Gasteiger partial charge in [0, 0.05) is 23.9 Å². The van der Waals surface area contributed by atoms with E-state index in [9.17, 15) is 33.4 Å². The number of nitro benzene ring substituents is 2. The Morgan fingerprint density at radius 2 is 1.48 bits per heavy atom. The maximum atomic E-state index is 13.0. The minimum atomic E-state index is -4.98. The van der Waals surface area contributed by atoms with Crippen molar-refractivity contribution in [3.05, 3.63) is 80.5 Å². The van der Waals surface area contributed by atoms with E-state index in [1.165, 1.54) is 12.3 Å². The molecule has 0 fully saturated rings. The molecule has 0 saturated carbocycles. The minimum Gasteiger partial charge on any atom is -0.258 e. The van der Waals surface area contributed by atoms with Crippen molar-refractivity contribution in [3.63, 3.8) is 0 Å². The van der Waals surface area contributed by atoms with Crippen LogP contribution >= 0.6 is 0 Å². The van der Waals surface area contributed by atoms with Gasteiger partial charge < -0.3 is 0 Å². The second-order valence-electron chi connectivity index (χ2n) is 5.39. The zero-order valence-electron chi connectivity index (χ0n) is 13.3. The van der Waals surface area contributed by atoms with Gasteiger partial charge in [0.1, 0.15) is 0 Å². The highest BCUT2D eigenvalue weighted by atomic mass is 19.4. The van der Waals surface area contributed by atoms with Crippen molar-refractivity contribution in [1.82, 2.24) is 9.78 Å². The van der Waals surface area contributed by atoms with Crippen molar-refractivity contribution in [1.29, 1.82) is 0 Å². The number of halogens is 3. The zero-order valence-corrected chi connectivity index (χ0v) is 13.3. The number of hydrogen-bond donors (Lipinski definition) is 0. The maximum Gasteiger partial charge on any atom is 0.416 e. The summed E-state index contributed by atoms with van der Waals surface area (Å²) < 4.78 is 39.7. The number of alkyl halides is 3. The fraction of sp³-hybridized carbons (Fsp3) is 0.0625. The lowest BCUT2D eigenvalue weighted by Gasteiger charge is -2.10. The summed E-state index contributed by atoms with van der Waals surface area (Å²) >= 11 is 0. The van der Waals surface area contributed by atoms with Crippen LogP contribution in [0.1, 0.15) is 5.56 Å². The molecule has 0 bridgehead atoms. The molecule has 0 N–H and O–H groups in total. The van der Waals surface area contributed by atoms with Crippen LogP contribution in [-0.4, -0.2) is 19.6 Å². The standard InChI is InChI=1S/C16H9F3N4O4/c17-16(18,19)11-8-13(22(24)25)15(14(9-11)23(26)27)21-7-6-12(20-21)10-4-2-1-3-5-10/h1-9H. The van der Waals surface area contributed by atoms with Crippen LogP contribution in [0.2, 0.25) is 0 Å². The van der Waals surface area contributed by atoms with Crippen molar-refractivity contribution < 1.29 is 23.0 Å². The summed E-state index contributed by atoms with van der Waals surface area (Å²) in [5.41, 5.74) is -3.30. The average Bonchev–Trinajstić information content (AvgIpc) is 3.10. The predicted molar refractivity (Wildman–Crippen MR) is 87.3 cm³/mol. The average molecular weight is 378 g/mol. The van der Waals surface area contributed by atoms with Crippen LogP contribution in [-0.2, 0) is 6.18 Å². The van der Waals surface area contributed by atoms with Gasteiger partial charge in [-0.2, -0.15) is 18.3 Å². The van der Waals surface area contributed by atoms with Crippen LogP contribution in [0, 0.1) is 20.2 Å². The van der Waals surface area contributed by atoms with Gasteiger partial charge in [-0.05, 0) is 6.07 Å². The van der Waals surface area contributed by atoms with Gasteiger partial charge in [-0.25, -0.2) is 4.68 Å². The summed E-state index contributed by atoms with van der Waals surface area (Å²) in [6, 6.07) is 10.5. The molecule has 0 saturated heterocycles. The fourth-order valence-corrected chi connectivity index (χ4v) is 2.49. The molecule has 138 valence electrons. The Kier molecular flexibility index (Phi) is 4.35. The summed E-state index contributed by atoms with van der Waals surface area (Å²) in [6.07, 6.45) is -3.77. The Labute approximate surface area is 148 Å². The fourth-order valence-electron chi connectivity index (χ4n) is 2.49. The number of nitro groups is 2. The molecule has 11 heteroatoms. The van der Waals surface area contributed by atoms with Gasteiger partial charge in [0.05, 0.1) is 21.1 Å². The minimum absolute atomic E-state index is 0.256. The highest BCUT2D eigenvalue weighted by Gasteiger charge is 2.38. The van der Waals surface area contributed by atoms with E-state index < -0.39 is 38.6 Å². The highest BCUT2D eigenvalue weighted by molar-refractivity contribution is 5.68. The smallest absolute Gasteiger partial charge is 0.258 e. The SMILES string of the molecule is O=[N+]([O-])c1cc(C(F)(F)F)cc([N+](=O)[O-])c1-n1ccc(-c2ccccc2)n1. The summed E-state index contributed by atoms with van der Waals surface area (Å²) in [4.78, 5) is 20.4. The summed E-state index contributed by atoms with van der Waals surface area (Å²) in [7, 11) is 0. The molecule has 1 aromatic heterocycles. The topological polar surface area (TPSA) is 104 Å². The third-order valence-electron chi connectivity index (χ3n) is 3.68. The molecule has 1 heterocycles. The van der Waals surface area contributed by atoms with Crippen molar-refractivity contribution in [2.24, 2.45) is 0 Å². The first-order valence-corrected chi connectivity index (χ1v) is 7.34. The molecule has 0 atom stereocenters. The summed E-state index contributed by atoms with van der Waals surface area (Å²) in [5.74, 6) is 0. The van der Waals surface area contributed by atoms with E-state index in [-0.39, 0.29) is 12.1 Å². The van der Waals surface area contributed by atoms with Crippen molar-refractivity contribution in [2.45, 2.75) is 6.18 Å². The second kappa shape index (κ2) is 6.52. The number of rotatable bonds is 4. The molecule has 2 aromatic carbocycles. The molecule has 0 radical (unpaired) electrons. The van der Waals surface area contributed by atoms with Crippen LogP contribution in [0.25, 0.3) is 16.9 Å². The van der Waals surface area contributed by atoms with Crippen molar-refractivity contribution in [2.75, 3.05) is 0 Å². The lowest BCUT2D eigenvalue weighted by molar-refractivity contribution is -0.394. The van der Waals surface area contributed by atoms with E-state index in [4.69, 9.17) is 0 Å². The molecule has 0 unspecified atom stereocenters. The van der Waals surface area contributed by atoms with Gasteiger partial charge in [0.25, 0.3) is 0 Å². The van der Waals surface area contributed by atoms with E-state index >= 15 is 0 Å². The molecule has 0 aliphatic carbocycles. The molecule has 0 aliphatic heterocycles. The van der Waals surface area contributed by atoms with Crippen molar-refractivity contribution in [3.8, 4) is 16.9 Å². The molecule has 0 amide bonds. The Balaban J connectivity index is 2.24. The Morgan fingerprint density at radius 3 is 1.96 bits per heavy atom. The van der Waals surface area contributed by atoms with Crippen LogP contribution < -0.4 is 0 Å². The van der Waals surface area contributed by atoms with Gasteiger partial charge in [0.2, 0.25) is 5.69 Å². The molecule has 0 spiro atoms. The largest absolute Gasteiger partial charge is 0.416 e. The van der Waals surface area contributed by atoms with E-state index in [0.717, 1.165) is 4.68 Å². The molecule has 8 nitrogen and oxygen atoms in total. The lowest BCUT2D eigenvalue weighted by Crippen LogP contribution is -2.11. The number of aromatic nitrogens is 2. The zero-order chi connectivity index (χ0) is 19.8.